The van der Waals surface area contributed by atoms with Crippen LogP contribution in [0.2, 0.25) is 0 Å². The molecule has 2 aromatic heterocycles. The highest BCUT2D eigenvalue weighted by molar-refractivity contribution is 8.26. The molecule has 4 rings (SSSR count). The Labute approximate surface area is 217 Å². The Hall–Kier alpha value is -2.19. The molecule has 0 atom stereocenters. The predicted octanol–water partition coefficient (Wildman–Crippen LogP) is 6.31. The zero-order valence-electron chi connectivity index (χ0n) is 20.8. The van der Waals surface area contributed by atoms with Crippen molar-refractivity contribution >= 4 is 51.7 Å². The number of hydrogen-bond donors (Lipinski definition) is 1. The lowest BCUT2D eigenvalue weighted by molar-refractivity contribution is -0.122. The van der Waals surface area contributed by atoms with Crippen LogP contribution < -0.4 is 10.9 Å². The van der Waals surface area contributed by atoms with E-state index in [-0.39, 0.29) is 17.5 Å². The zero-order valence-corrected chi connectivity index (χ0v) is 22.5. The minimum Gasteiger partial charge on any atom is -0.367 e. The first-order valence-corrected chi connectivity index (χ1v) is 14.3. The Morgan fingerprint density at radius 3 is 2.66 bits per heavy atom. The molecule has 2 aromatic rings. The van der Waals surface area contributed by atoms with Crippen LogP contribution in [0.3, 0.4) is 0 Å². The lowest BCUT2D eigenvalue weighted by Crippen LogP contribution is -2.29. The molecule has 1 saturated heterocycles. The molecule has 35 heavy (non-hydrogen) atoms. The zero-order chi connectivity index (χ0) is 24.8. The van der Waals surface area contributed by atoms with Gasteiger partial charge >= 0.3 is 0 Å². The first-order valence-electron chi connectivity index (χ1n) is 13.0. The van der Waals surface area contributed by atoms with E-state index in [1.54, 1.807) is 21.6 Å². The molecule has 1 aliphatic heterocycles. The van der Waals surface area contributed by atoms with Crippen molar-refractivity contribution in [2.45, 2.75) is 90.5 Å². The van der Waals surface area contributed by atoms with E-state index in [9.17, 15) is 9.59 Å². The summed E-state index contributed by atoms with van der Waals surface area (Å²) < 4.78 is 2.14. The van der Waals surface area contributed by atoms with E-state index in [1.165, 1.54) is 56.7 Å². The maximum absolute atomic E-state index is 13.6. The third-order valence-corrected chi connectivity index (χ3v) is 8.29. The number of amides is 1. The Morgan fingerprint density at radius 2 is 1.89 bits per heavy atom. The molecule has 6 nitrogen and oxygen atoms in total. The molecule has 0 unspecified atom stereocenters. The number of nitrogens with one attached hydrogen (secondary N) is 1. The van der Waals surface area contributed by atoms with E-state index >= 15 is 0 Å². The van der Waals surface area contributed by atoms with E-state index in [0.717, 1.165) is 31.2 Å². The fourth-order valence-electron chi connectivity index (χ4n) is 4.87. The number of rotatable bonds is 10. The molecule has 0 radical (unpaired) electrons. The van der Waals surface area contributed by atoms with Crippen molar-refractivity contribution in [2.75, 3.05) is 11.9 Å². The van der Waals surface area contributed by atoms with Gasteiger partial charge in [0, 0.05) is 18.8 Å². The van der Waals surface area contributed by atoms with Crippen LogP contribution in [0.4, 0.5) is 5.82 Å². The van der Waals surface area contributed by atoms with Crippen molar-refractivity contribution in [3.8, 4) is 0 Å². The number of hydrogen-bond acceptors (Lipinski definition) is 6. The van der Waals surface area contributed by atoms with Gasteiger partial charge < -0.3 is 5.32 Å². The van der Waals surface area contributed by atoms with Crippen LogP contribution in [0.25, 0.3) is 11.7 Å². The SMILES string of the molecule is CCCCCCCCN1C(=O)/C(=C\c2c(NC3CCCCC3)nc3c(C)cccn3c2=O)SC1=S. The largest absolute Gasteiger partial charge is 0.367 e. The summed E-state index contributed by atoms with van der Waals surface area (Å²) >= 11 is 6.82. The van der Waals surface area contributed by atoms with Crippen LogP contribution in [-0.2, 0) is 4.79 Å². The van der Waals surface area contributed by atoms with Crippen LogP contribution in [0.15, 0.2) is 28.0 Å². The third-order valence-electron chi connectivity index (χ3n) is 6.91. The molecule has 8 heteroatoms. The molecule has 0 bridgehead atoms. The smallest absolute Gasteiger partial charge is 0.267 e. The number of anilines is 1. The monoisotopic (exact) mass is 512 g/mol. The number of nitrogens with zero attached hydrogens (tertiary/aromatic N) is 3. The summed E-state index contributed by atoms with van der Waals surface area (Å²) in [5.41, 5.74) is 1.84. The summed E-state index contributed by atoms with van der Waals surface area (Å²) in [6, 6.07) is 4.10. The molecule has 1 aliphatic carbocycles. The highest BCUT2D eigenvalue weighted by Crippen LogP contribution is 2.34. The lowest BCUT2D eigenvalue weighted by atomic mass is 9.95. The maximum atomic E-state index is 13.6. The van der Waals surface area contributed by atoms with E-state index < -0.39 is 0 Å². The van der Waals surface area contributed by atoms with Crippen LogP contribution in [-0.4, -0.2) is 37.1 Å². The quantitative estimate of drug-likeness (QED) is 0.229. The average molecular weight is 513 g/mol. The Bertz CT molecular complexity index is 1170. The second-order valence-electron chi connectivity index (χ2n) is 9.64. The van der Waals surface area contributed by atoms with Gasteiger partial charge in [-0.15, -0.1) is 0 Å². The first-order chi connectivity index (χ1) is 17.0. The lowest BCUT2D eigenvalue weighted by Gasteiger charge is -2.24. The van der Waals surface area contributed by atoms with Crippen molar-refractivity contribution in [1.29, 1.82) is 0 Å². The van der Waals surface area contributed by atoms with Gasteiger partial charge in [0.05, 0.1) is 10.5 Å². The number of thiocarbonyl (C=S) groups is 1. The number of pyridine rings is 1. The van der Waals surface area contributed by atoms with Crippen molar-refractivity contribution in [1.82, 2.24) is 14.3 Å². The van der Waals surface area contributed by atoms with Gasteiger partial charge in [0.15, 0.2) is 0 Å². The van der Waals surface area contributed by atoms with Crippen LogP contribution in [0.1, 0.15) is 88.7 Å². The number of fused-ring (bicyclic) bond motifs is 1. The molecule has 1 N–H and O–H groups in total. The molecular weight excluding hydrogens is 476 g/mol. The molecule has 2 aliphatic rings. The Balaban J connectivity index is 1.60. The normalized spacial score (nSPS) is 18.2. The molecule has 188 valence electrons. The molecular formula is C27H36N4O2S2. The molecule has 1 saturated carbocycles. The average Bonchev–Trinajstić information content (AvgIpc) is 3.12. The maximum Gasteiger partial charge on any atom is 0.267 e. The summed E-state index contributed by atoms with van der Waals surface area (Å²) in [6.45, 7) is 4.80. The van der Waals surface area contributed by atoms with Crippen molar-refractivity contribution < 1.29 is 4.79 Å². The number of carbonyl (C=O) groups is 1. The van der Waals surface area contributed by atoms with Gasteiger partial charge in [-0.1, -0.05) is 88.3 Å². The molecule has 1 amide bonds. The minimum absolute atomic E-state index is 0.106. The standard InChI is InChI=1S/C27H36N4O2S2/c1-3-4-5-6-7-11-16-31-26(33)22(35-27(31)34)18-21-23(28-20-14-9-8-10-15-20)29-24-19(2)13-12-17-30(24)25(21)32/h12-13,17-18,20,28H,3-11,14-16H2,1-2H3/b22-18+. The third kappa shape index (κ3) is 6.15. The molecule has 0 spiro atoms. The number of carbonyl (C=O) groups excluding carboxylic acids is 1. The minimum atomic E-state index is -0.168. The van der Waals surface area contributed by atoms with Gasteiger partial charge in [0.2, 0.25) is 0 Å². The van der Waals surface area contributed by atoms with Gasteiger partial charge in [-0.25, -0.2) is 4.98 Å². The Morgan fingerprint density at radius 1 is 1.14 bits per heavy atom. The fraction of sp³-hybridized carbons (Fsp3) is 0.556. The number of unbranched alkanes of at least 4 members (excludes halogenated alkanes) is 5. The van der Waals surface area contributed by atoms with E-state index in [4.69, 9.17) is 17.2 Å². The summed E-state index contributed by atoms with van der Waals surface area (Å²) in [7, 11) is 0. The number of thioether (sulfide) groups is 1. The van der Waals surface area contributed by atoms with Crippen LogP contribution in [0, 0.1) is 6.92 Å². The van der Waals surface area contributed by atoms with Gasteiger partial charge in [0.1, 0.15) is 15.8 Å². The van der Waals surface area contributed by atoms with E-state index in [2.05, 4.69) is 12.2 Å². The second kappa shape index (κ2) is 12.2. The highest BCUT2D eigenvalue weighted by atomic mass is 32.2. The number of aryl methyl sites for hydroxylation is 1. The first kappa shape index (κ1) is 25.9. The molecule has 0 aromatic carbocycles. The van der Waals surface area contributed by atoms with Gasteiger partial charge in [-0.05, 0) is 43.9 Å². The molecule has 3 heterocycles. The van der Waals surface area contributed by atoms with Crippen LogP contribution in [0.5, 0.6) is 0 Å². The van der Waals surface area contributed by atoms with Gasteiger partial charge in [-0.2, -0.15) is 0 Å². The summed E-state index contributed by atoms with van der Waals surface area (Å²) in [5.74, 6) is 0.461. The fourth-order valence-corrected chi connectivity index (χ4v) is 6.16. The van der Waals surface area contributed by atoms with Crippen molar-refractivity contribution in [3.63, 3.8) is 0 Å². The highest BCUT2D eigenvalue weighted by Gasteiger charge is 2.32. The molecule has 2 fully saturated rings. The van der Waals surface area contributed by atoms with Gasteiger partial charge in [-0.3, -0.25) is 18.9 Å². The topological polar surface area (TPSA) is 66.7 Å². The Kier molecular flexibility index (Phi) is 9.00. The number of aromatic nitrogens is 2. The van der Waals surface area contributed by atoms with Crippen LogP contribution >= 0.6 is 24.0 Å². The summed E-state index contributed by atoms with van der Waals surface area (Å²) in [6.07, 6.45) is 16.1. The predicted molar refractivity (Wildman–Crippen MR) is 150 cm³/mol. The summed E-state index contributed by atoms with van der Waals surface area (Å²) in [4.78, 5) is 33.8. The summed E-state index contributed by atoms with van der Waals surface area (Å²) in [5, 5.41) is 3.54. The van der Waals surface area contributed by atoms with Crippen molar-refractivity contribution in [2.24, 2.45) is 0 Å². The second-order valence-corrected chi connectivity index (χ2v) is 11.3. The van der Waals surface area contributed by atoms with E-state index in [1.807, 2.05) is 19.1 Å². The van der Waals surface area contributed by atoms with E-state index in [0.29, 0.717) is 32.8 Å². The van der Waals surface area contributed by atoms with Crippen molar-refractivity contribution in [3.05, 3.63) is 44.7 Å². The van der Waals surface area contributed by atoms with Gasteiger partial charge in [0.25, 0.3) is 11.5 Å².